The lowest BCUT2D eigenvalue weighted by atomic mass is 9.64. The van der Waals surface area contributed by atoms with Gasteiger partial charge in [0.15, 0.2) is 0 Å². The SMILES string of the molecule is CC(C)CC1(CNC(=O)CC2CC2(F)F)CCC1. The summed E-state index contributed by atoms with van der Waals surface area (Å²) in [4.78, 5) is 11.6. The lowest BCUT2D eigenvalue weighted by Crippen LogP contribution is -2.43. The van der Waals surface area contributed by atoms with E-state index in [0.29, 0.717) is 12.5 Å². The van der Waals surface area contributed by atoms with Gasteiger partial charge in [-0.2, -0.15) is 0 Å². The molecule has 0 heterocycles. The molecule has 0 aliphatic heterocycles. The van der Waals surface area contributed by atoms with E-state index in [4.69, 9.17) is 0 Å². The molecule has 1 amide bonds. The maximum Gasteiger partial charge on any atom is 0.252 e. The molecule has 1 N–H and O–H groups in total. The van der Waals surface area contributed by atoms with Gasteiger partial charge in [0.1, 0.15) is 0 Å². The van der Waals surface area contributed by atoms with Gasteiger partial charge in [-0.25, -0.2) is 8.78 Å². The van der Waals surface area contributed by atoms with Crippen molar-refractivity contribution in [2.24, 2.45) is 17.3 Å². The molecule has 2 fully saturated rings. The van der Waals surface area contributed by atoms with E-state index in [9.17, 15) is 13.6 Å². The molecule has 0 bridgehead atoms. The summed E-state index contributed by atoms with van der Waals surface area (Å²) in [6.07, 6.45) is 4.54. The van der Waals surface area contributed by atoms with Crippen LogP contribution in [0.25, 0.3) is 0 Å². The lowest BCUT2D eigenvalue weighted by Gasteiger charge is -2.43. The van der Waals surface area contributed by atoms with Gasteiger partial charge in [-0.15, -0.1) is 0 Å². The van der Waals surface area contributed by atoms with Crippen LogP contribution < -0.4 is 5.32 Å². The monoisotopic (exact) mass is 259 g/mol. The van der Waals surface area contributed by atoms with Gasteiger partial charge in [0.05, 0.1) is 0 Å². The molecule has 2 saturated carbocycles. The molecular formula is C14H23F2NO. The predicted octanol–water partition coefficient (Wildman–Crippen LogP) is 3.36. The summed E-state index contributed by atoms with van der Waals surface area (Å²) >= 11 is 0. The third-order valence-electron chi connectivity index (χ3n) is 4.30. The number of rotatable bonds is 6. The van der Waals surface area contributed by atoms with Crippen molar-refractivity contribution in [2.45, 2.75) is 58.3 Å². The Bertz CT molecular complexity index is 324. The Morgan fingerprint density at radius 1 is 1.39 bits per heavy atom. The number of carbonyl (C=O) groups excluding carboxylic acids is 1. The zero-order valence-corrected chi connectivity index (χ0v) is 11.3. The Morgan fingerprint density at radius 3 is 2.39 bits per heavy atom. The van der Waals surface area contributed by atoms with Gasteiger partial charge < -0.3 is 5.32 Å². The molecule has 0 aromatic heterocycles. The maximum atomic E-state index is 12.7. The number of alkyl halides is 2. The normalized spacial score (nSPS) is 27.7. The van der Waals surface area contributed by atoms with Crippen molar-refractivity contribution in [3.63, 3.8) is 0 Å². The Kier molecular flexibility index (Phi) is 3.65. The van der Waals surface area contributed by atoms with Crippen molar-refractivity contribution in [3.05, 3.63) is 0 Å². The summed E-state index contributed by atoms with van der Waals surface area (Å²) < 4.78 is 25.4. The second kappa shape index (κ2) is 4.78. The molecule has 2 nitrogen and oxygen atoms in total. The zero-order valence-electron chi connectivity index (χ0n) is 11.3. The van der Waals surface area contributed by atoms with Crippen LogP contribution in [0.1, 0.15) is 52.4 Å². The molecule has 0 aromatic rings. The highest BCUT2D eigenvalue weighted by molar-refractivity contribution is 5.76. The van der Waals surface area contributed by atoms with E-state index >= 15 is 0 Å². The minimum Gasteiger partial charge on any atom is -0.356 e. The first-order valence-electron chi connectivity index (χ1n) is 6.98. The molecule has 0 spiro atoms. The molecule has 2 aliphatic carbocycles. The van der Waals surface area contributed by atoms with Crippen molar-refractivity contribution < 1.29 is 13.6 Å². The fourth-order valence-corrected chi connectivity index (χ4v) is 3.07. The molecule has 104 valence electrons. The molecule has 1 atom stereocenters. The van der Waals surface area contributed by atoms with Crippen molar-refractivity contribution in [1.29, 1.82) is 0 Å². The van der Waals surface area contributed by atoms with E-state index in [1.54, 1.807) is 0 Å². The second-order valence-corrected chi connectivity index (χ2v) is 6.59. The summed E-state index contributed by atoms with van der Waals surface area (Å²) in [6.45, 7) is 5.04. The van der Waals surface area contributed by atoms with Crippen LogP contribution in [-0.2, 0) is 4.79 Å². The van der Waals surface area contributed by atoms with Crippen LogP contribution in [0.4, 0.5) is 8.78 Å². The highest BCUT2D eigenvalue weighted by Gasteiger charge is 2.57. The summed E-state index contributed by atoms with van der Waals surface area (Å²) in [5, 5.41) is 2.87. The molecule has 4 heteroatoms. The Morgan fingerprint density at radius 2 is 2.00 bits per heavy atom. The average Bonchev–Trinajstić information content (AvgIpc) is 2.77. The Hall–Kier alpha value is -0.670. The van der Waals surface area contributed by atoms with Gasteiger partial charge in [0.2, 0.25) is 5.91 Å². The summed E-state index contributed by atoms with van der Waals surface area (Å²) in [5.74, 6) is -2.87. The van der Waals surface area contributed by atoms with E-state index in [0.717, 1.165) is 19.3 Å². The maximum absolute atomic E-state index is 12.7. The molecule has 2 aliphatic rings. The molecule has 18 heavy (non-hydrogen) atoms. The number of carbonyl (C=O) groups is 1. The third-order valence-corrected chi connectivity index (χ3v) is 4.30. The molecule has 0 saturated heterocycles. The first-order chi connectivity index (χ1) is 8.33. The molecule has 0 aromatic carbocycles. The van der Waals surface area contributed by atoms with E-state index in [1.807, 2.05) is 0 Å². The molecule has 2 rings (SSSR count). The highest BCUT2D eigenvalue weighted by Crippen LogP contribution is 2.50. The quantitative estimate of drug-likeness (QED) is 0.778. The van der Waals surface area contributed by atoms with E-state index in [1.165, 1.54) is 6.42 Å². The van der Waals surface area contributed by atoms with Crippen molar-refractivity contribution in [2.75, 3.05) is 6.54 Å². The molecule has 1 unspecified atom stereocenters. The van der Waals surface area contributed by atoms with Crippen molar-refractivity contribution in [1.82, 2.24) is 5.32 Å². The number of nitrogens with one attached hydrogen (secondary N) is 1. The fraction of sp³-hybridized carbons (Fsp3) is 0.929. The van der Waals surface area contributed by atoms with Crippen LogP contribution in [0.2, 0.25) is 0 Å². The van der Waals surface area contributed by atoms with Crippen LogP contribution in [0.3, 0.4) is 0 Å². The van der Waals surface area contributed by atoms with E-state index in [-0.39, 0.29) is 24.2 Å². The molecular weight excluding hydrogens is 236 g/mol. The van der Waals surface area contributed by atoms with E-state index in [2.05, 4.69) is 19.2 Å². The van der Waals surface area contributed by atoms with Crippen LogP contribution in [-0.4, -0.2) is 18.4 Å². The van der Waals surface area contributed by atoms with Gasteiger partial charge in [0, 0.05) is 25.3 Å². The van der Waals surface area contributed by atoms with Crippen LogP contribution in [0.5, 0.6) is 0 Å². The standard InChI is InChI=1S/C14H23F2NO/c1-10(2)7-13(4-3-5-13)9-17-12(18)6-11-8-14(11,15)16/h10-11H,3-9H2,1-2H3,(H,17,18). The number of hydrogen-bond acceptors (Lipinski definition) is 1. The fourth-order valence-electron chi connectivity index (χ4n) is 3.07. The van der Waals surface area contributed by atoms with Gasteiger partial charge in [-0.1, -0.05) is 20.3 Å². The first-order valence-corrected chi connectivity index (χ1v) is 6.98. The highest BCUT2D eigenvalue weighted by atomic mass is 19.3. The van der Waals surface area contributed by atoms with Gasteiger partial charge in [-0.3, -0.25) is 4.79 Å². The van der Waals surface area contributed by atoms with Crippen molar-refractivity contribution >= 4 is 5.91 Å². The Labute approximate surface area is 108 Å². The summed E-state index contributed by atoms with van der Waals surface area (Å²) in [6, 6.07) is 0. The molecule has 0 radical (unpaired) electrons. The largest absolute Gasteiger partial charge is 0.356 e. The number of amides is 1. The van der Waals surface area contributed by atoms with Crippen LogP contribution in [0, 0.1) is 17.3 Å². The zero-order chi connectivity index (χ0) is 13.4. The second-order valence-electron chi connectivity index (χ2n) is 6.59. The first kappa shape index (κ1) is 13.8. The summed E-state index contributed by atoms with van der Waals surface area (Å²) in [7, 11) is 0. The van der Waals surface area contributed by atoms with Gasteiger partial charge in [0.25, 0.3) is 5.92 Å². The number of halogens is 2. The van der Waals surface area contributed by atoms with Gasteiger partial charge in [-0.05, 0) is 30.6 Å². The summed E-state index contributed by atoms with van der Waals surface area (Å²) in [5.41, 5.74) is 0.246. The smallest absolute Gasteiger partial charge is 0.252 e. The third kappa shape index (κ3) is 3.21. The lowest BCUT2D eigenvalue weighted by molar-refractivity contribution is -0.123. The predicted molar refractivity (Wildman–Crippen MR) is 66.4 cm³/mol. The topological polar surface area (TPSA) is 29.1 Å². The van der Waals surface area contributed by atoms with Crippen molar-refractivity contribution in [3.8, 4) is 0 Å². The average molecular weight is 259 g/mol. The van der Waals surface area contributed by atoms with E-state index < -0.39 is 11.8 Å². The number of hydrogen-bond donors (Lipinski definition) is 1. The minimum absolute atomic E-state index is 0.00917. The minimum atomic E-state index is -2.58. The van der Waals surface area contributed by atoms with Crippen LogP contribution in [0.15, 0.2) is 0 Å². The van der Waals surface area contributed by atoms with Crippen LogP contribution >= 0.6 is 0 Å². The van der Waals surface area contributed by atoms with Gasteiger partial charge >= 0.3 is 0 Å². The Balaban J connectivity index is 1.71.